The van der Waals surface area contributed by atoms with Crippen LogP contribution in [0.3, 0.4) is 0 Å². The fourth-order valence-corrected chi connectivity index (χ4v) is 3.32. The Morgan fingerprint density at radius 1 is 1.48 bits per heavy atom. The van der Waals surface area contributed by atoms with Crippen molar-refractivity contribution in [1.29, 1.82) is 5.26 Å². The van der Waals surface area contributed by atoms with Crippen LogP contribution in [0.2, 0.25) is 0 Å². The van der Waals surface area contributed by atoms with E-state index in [4.69, 9.17) is 14.2 Å². The van der Waals surface area contributed by atoms with E-state index in [0.29, 0.717) is 42.1 Å². The van der Waals surface area contributed by atoms with Gasteiger partial charge in [0.15, 0.2) is 0 Å². The van der Waals surface area contributed by atoms with Crippen LogP contribution in [0.4, 0.5) is 11.6 Å². The fourth-order valence-electron chi connectivity index (χ4n) is 3.32. The molecule has 1 fully saturated rings. The molecule has 0 aromatic carbocycles. The molecule has 4 rings (SSSR count). The van der Waals surface area contributed by atoms with Gasteiger partial charge in [0.1, 0.15) is 29.2 Å². The Morgan fingerprint density at radius 2 is 2.31 bits per heavy atom. The lowest BCUT2D eigenvalue weighted by atomic mass is 10.2. The second-order valence-electron chi connectivity index (χ2n) is 7.13. The van der Waals surface area contributed by atoms with Crippen LogP contribution in [0.1, 0.15) is 25.6 Å². The number of nitrogens with one attached hydrogen (secondary N) is 1. The summed E-state index contributed by atoms with van der Waals surface area (Å²) >= 11 is 0. The van der Waals surface area contributed by atoms with Gasteiger partial charge in [0.2, 0.25) is 5.95 Å². The molecule has 0 radical (unpaired) electrons. The van der Waals surface area contributed by atoms with Crippen molar-refractivity contribution in [3.05, 3.63) is 24.2 Å². The van der Waals surface area contributed by atoms with Gasteiger partial charge in [0.25, 0.3) is 5.88 Å². The number of fused-ring (bicyclic) bond motifs is 1. The van der Waals surface area contributed by atoms with Crippen LogP contribution in [0.15, 0.2) is 18.5 Å². The van der Waals surface area contributed by atoms with Gasteiger partial charge in [-0.15, -0.1) is 5.10 Å². The molecule has 1 saturated heterocycles. The average Bonchev–Trinajstić information content (AvgIpc) is 3.24. The molecule has 0 bridgehead atoms. The summed E-state index contributed by atoms with van der Waals surface area (Å²) < 4.78 is 20.1. The van der Waals surface area contributed by atoms with Crippen molar-refractivity contribution < 1.29 is 14.2 Å². The highest BCUT2D eigenvalue weighted by atomic mass is 16.6. The zero-order chi connectivity index (χ0) is 20.5. The first-order valence-corrected chi connectivity index (χ1v) is 9.36. The molecule has 0 saturated carbocycles. The van der Waals surface area contributed by atoms with Crippen molar-refractivity contribution in [2.45, 2.75) is 32.1 Å². The predicted molar refractivity (Wildman–Crippen MR) is 105 cm³/mol. The van der Waals surface area contributed by atoms with E-state index in [1.165, 1.54) is 0 Å². The molecule has 1 aliphatic rings. The first-order valence-electron chi connectivity index (χ1n) is 9.36. The van der Waals surface area contributed by atoms with E-state index in [1.54, 1.807) is 30.3 Å². The Morgan fingerprint density at radius 3 is 2.97 bits per heavy atom. The lowest BCUT2D eigenvalue weighted by Gasteiger charge is -2.33. The molecule has 3 atom stereocenters. The monoisotopic (exact) mass is 397 g/mol. The van der Waals surface area contributed by atoms with Crippen LogP contribution < -0.4 is 10.1 Å². The summed E-state index contributed by atoms with van der Waals surface area (Å²) in [5.41, 5.74) is 1.84. The Balaban J connectivity index is 1.65. The van der Waals surface area contributed by atoms with Gasteiger partial charge in [0.05, 0.1) is 31.6 Å². The van der Waals surface area contributed by atoms with E-state index in [0.717, 1.165) is 5.39 Å². The van der Waals surface area contributed by atoms with E-state index in [1.807, 2.05) is 25.5 Å². The van der Waals surface area contributed by atoms with Crippen LogP contribution in [0, 0.1) is 11.3 Å². The van der Waals surface area contributed by atoms with Crippen molar-refractivity contribution in [2.24, 2.45) is 7.05 Å². The molecule has 0 spiro atoms. The van der Waals surface area contributed by atoms with E-state index < -0.39 is 0 Å². The SMILES string of the molecule is COC[C@H](C)n1c(C#N)cc2cnc(Nc3cn(C)nc3OC3CO[C@@H]3C)nc21. The summed E-state index contributed by atoms with van der Waals surface area (Å²) in [4.78, 5) is 9.02. The number of aromatic nitrogens is 5. The quantitative estimate of drug-likeness (QED) is 0.645. The topological polar surface area (TPSA) is 112 Å². The lowest BCUT2D eigenvalue weighted by molar-refractivity contribution is -0.140. The lowest BCUT2D eigenvalue weighted by Crippen LogP contribution is -2.46. The molecule has 10 nitrogen and oxygen atoms in total. The molecule has 4 heterocycles. The number of anilines is 2. The molecular weight excluding hydrogens is 374 g/mol. The van der Waals surface area contributed by atoms with Crippen molar-refractivity contribution in [3.63, 3.8) is 0 Å². The average molecular weight is 397 g/mol. The molecule has 0 amide bonds. The Hall–Kier alpha value is -3.16. The highest BCUT2D eigenvalue weighted by Gasteiger charge is 2.31. The number of nitrogens with zero attached hydrogens (tertiary/aromatic N) is 6. The highest BCUT2D eigenvalue weighted by Crippen LogP contribution is 2.29. The van der Waals surface area contributed by atoms with Gasteiger partial charge in [-0.3, -0.25) is 4.68 Å². The van der Waals surface area contributed by atoms with Crippen molar-refractivity contribution in [2.75, 3.05) is 25.6 Å². The second kappa shape index (κ2) is 7.69. The number of nitriles is 1. The molecule has 0 aliphatic carbocycles. The van der Waals surface area contributed by atoms with Crippen LogP contribution >= 0.6 is 0 Å². The summed E-state index contributed by atoms with van der Waals surface area (Å²) in [6, 6.07) is 3.95. The van der Waals surface area contributed by atoms with Gasteiger partial charge in [-0.25, -0.2) is 4.98 Å². The molecule has 1 N–H and O–H groups in total. The number of hydrogen-bond acceptors (Lipinski definition) is 8. The van der Waals surface area contributed by atoms with Crippen LogP contribution in [-0.4, -0.2) is 56.8 Å². The molecule has 152 valence electrons. The molecular formula is C19H23N7O3. The third kappa shape index (κ3) is 3.62. The van der Waals surface area contributed by atoms with E-state index in [9.17, 15) is 5.26 Å². The molecule has 29 heavy (non-hydrogen) atoms. The van der Waals surface area contributed by atoms with Gasteiger partial charge < -0.3 is 24.1 Å². The first kappa shape index (κ1) is 19.2. The summed E-state index contributed by atoms with van der Waals surface area (Å²) in [6.45, 7) is 4.95. The predicted octanol–water partition coefficient (Wildman–Crippen LogP) is 2.15. The smallest absolute Gasteiger partial charge is 0.257 e. The van der Waals surface area contributed by atoms with Crippen LogP contribution in [0.25, 0.3) is 11.0 Å². The van der Waals surface area contributed by atoms with Crippen molar-refractivity contribution in [1.82, 2.24) is 24.3 Å². The molecule has 10 heteroatoms. The number of ether oxygens (including phenoxy) is 3. The summed E-state index contributed by atoms with van der Waals surface area (Å²) in [7, 11) is 3.45. The van der Waals surface area contributed by atoms with Gasteiger partial charge >= 0.3 is 0 Å². The maximum absolute atomic E-state index is 9.50. The normalized spacial score (nSPS) is 19.6. The Bertz CT molecular complexity index is 1070. The molecule has 1 unspecified atom stereocenters. The third-order valence-electron chi connectivity index (χ3n) is 4.89. The second-order valence-corrected chi connectivity index (χ2v) is 7.13. The minimum Gasteiger partial charge on any atom is -0.467 e. The first-order chi connectivity index (χ1) is 14.0. The maximum atomic E-state index is 9.50. The van der Waals surface area contributed by atoms with E-state index in [2.05, 4.69) is 26.5 Å². The fraction of sp³-hybridized carbons (Fsp3) is 0.474. The van der Waals surface area contributed by atoms with E-state index in [-0.39, 0.29) is 18.2 Å². The minimum atomic E-state index is -0.0488. The molecule has 1 aliphatic heterocycles. The summed E-state index contributed by atoms with van der Waals surface area (Å²) in [6.07, 6.45) is 3.51. The van der Waals surface area contributed by atoms with Crippen molar-refractivity contribution >= 4 is 22.7 Å². The van der Waals surface area contributed by atoms with Gasteiger partial charge in [-0.05, 0) is 19.9 Å². The summed E-state index contributed by atoms with van der Waals surface area (Å²) in [5, 5.41) is 17.8. The number of rotatable bonds is 7. The highest BCUT2D eigenvalue weighted by molar-refractivity contribution is 5.79. The Kier molecular flexibility index (Phi) is 5.08. The number of methoxy groups -OCH3 is 1. The third-order valence-corrected chi connectivity index (χ3v) is 4.89. The zero-order valence-corrected chi connectivity index (χ0v) is 16.8. The van der Waals surface area contributed by atoms with Crippen LogP contribution in [0.5, 0.6) is 5.88 Å². The Labute approximate surface area is 168 Å². The van der Waals surface area contributed by atoms with Gasteiger partial charge in [-0.1, -0.05) is 0 Å². The molecule has 3 aromatic heterocycles. The number of hydrogen-bond donors (Lipinski definition) is 1. The van der Waals surface area contributed by atoms with E-state index >= 15 is 0 Å². The minimum absolute atomic E-state index is 0.0286. The molecule has 3 aromatic rings. The van der Waals surface area contributed by atoms with Crippen LogP contribution in [-0.2, 0) is 16.5 Å². The number of aryl methyl sites for hydroxylation is 1. The zero-order valence-electron chi connectivity index (χ0n) is 16.8. The van der Waals surface area contributed by atoms with Gasteiger partial charge in [0, 0.05) is 25.7 Å². The standard InChI is InChI=1S/C19H23N7O3/c1-11(9-27-4)26-14(6-20)5-13-7-21-19(23-17(13)26)22-15-8-25(3)24-18(15)29-16-10-28-12(16)2/h5,7-8,11-12,16H,9-10H2,1-4H3,(H,21,22,23)/t11-,12+,16?/m0/s1. The van der Waals surface area contributed by atoms with Crippen molar-refractivity contribution in [3.8, 4) is 11.9 Å². The largest absolute Gasteiger partial charge is 0.467 e. The summed E-state index contributed by atoms with van der Waals surface area (Å²) in [5.74, 6) is 0.860. The maximum Gasteiger partial charge on any atom is 0.257 e. The van der Waals surface area contributed by atoms with Gasteiger partial charge in [-0.2, -0.15) is 10.2 Å².